The number of rotatable bonds is 3. The Morgan fingerprint density at radius 2 is 2.06 bits per heavy atom. The second-order valence-corrected chi connectivity index (χ2v) is 5.85. The molecule has 100 valence electrons. The molecule has 1 fully saturated rings. The monoisotopic (exact) mass is 242 g/mol. The smallest absolute Gasteiger partial charge is 0.310 e. The number of ether oxygens (including phenoxy) is 1. The first-order valence-electron chi connectivity index (χ1n) is 6.47. The lowest BCUT2D eigenvalue weighted by atomic mass is 9.94. The second kappa shape index (κ2) is 5.83. The van der Waals surface area contributed by atoms with Crippen LogP contribution >= 0.6 is 0 Å². The van der Waals surface area contributed by atoms with Crippen molar-refractivity contribution < 1.29 is 9.53 Å². The zero-order valence-corrected chi connectivity index (χ0v) is 11.7. The van der Waals surface area contributed by atoms with Crippen LogP contribution in [0.2, 0.25) is 0 Å². The van der Waals surface area contributed by atoms with E-state index < -0.39 is 0 Å². The third kappa shape index (κ3) is 4.64. The minimum Gasteiger partial charge on any atom is -0.460 e. The third-order valence-corrected chi connectivity index (χ3v) is 3.19. The minimum absolute atomic E-state index is 0.0121. The number of carbonyl (C=O) groups excluding carboxylic acids is 1. The van der Waals surface area contributed by atoms with E-state index in [0.29, 0.717) is 6.04 Å². The second-order valence-electron chi connectivity index (χ2n) is 5.85. The van der Waals surface area contributed by atoms with Gasteiger partial charge in [-0.2, -0.15) is 0 Å². The van der Waals surface area contributed by atoms with E-state index in [4.69, 9.17) is 4.74 Å². The van der Waals surface area contributed by atoms with Crippen LogP contribution in [-0.4, -0.2) is 49.2 Å². The van der Waals surface area contributed by atoms with Crippen molar-refractivity contribution in [1.29, 1.82) is 0 Å². The molecule has 0 spiro atoms. The Morgan fingerprint density at radius 3 is 2.59 bits per heavy atom. The van der Waals surface area contributed by atoms with Crippen molar-refractivity contribution in [3.8, 4) is 0 Å². The van der Waals surface area contributed by atoms with Gasteiger partial charge in [0.05, 0.1) is 5.92 Å². The molecule has 0 aromatic carbocycles. The summed E-state index contributed by atoms with van der Waals surface area (Å²) in [5, 5.41) is 3.32. The first-order valence-corrected chi connectivity index (χ1v) is 6.47. The van der Waals surface area contributed by atoms with Gasteiger partial charge in [-0.3, -0.25) is 4.79 Å². The van der Waals surface area contributed by atoms with Crippen LogP contribution in [0.1, 0.15) is 34.1 Å². The molecule has 0 aromatic heterocycles. The fourth-order valence-electron chi connectivity index (χ4n) is 2.08. The van der Waals surface area contributed by atoms with Crippen molar-refractivity contribution in [2.45, 2.75) is 45.8 Å². The predicted octanol–water partition coefficient (Wildman–Crippen LogP) is 1.26. The lowest BCUT2D eigenvalue weighted by Crippen LogP contribution is -2.50. The molecule has 0 aromatic rings. The molecule has 17 heavy (non-hydrogen) atoms. The number of hydrogen-bond acceptors (Lipinski definition) is 4. The van der Waals surface area contributed by atoms with Gasteiger partial charge in [-0.05, 0) is 40.8 Å². The topological polar surface area (TPSA) is 41.6 Å². The number of piperidine rings is 1. The van der Waals surface area contributed by atoms with E-state index in [1.807, 2.05) is 20.8 Å². The van der Waals surface area contributed by atoms with Crippen LogP contribution in [-0.2, 0) is 9.53 Å². The Balaban J connectivity index is 2.52. The third-order valence-electron chi connectivity index (χ3n) is 3.19. The van der Waals surface area contributed by atoms with Crippen LogP contribution in [0.4, 0.5) is 0 Å². The summed E-state index contributed by atoms with van der Waals surface area (Å²) in [4.78, 5) is 14.3. The summed E-state index contributed by atoms with van der Waals surface area (Å²) >= 11 is 0. The minimum atomic E-state index is -0.388. The molecule has 0 aliphatic carbocycles. The molecule has 1 heterocycles. The van der Waals surface area contributed by atoms with Crippen molar-refractivity contribution in [2.75, 3.05) is 26.7 Å². The Labute approximate surface area is 105 Å². The van der Waals surface area contributed by atoms with E-state index in [1.165, 1.54) is 0 Å². The normalized spacial score (nSPS) is 26.0. The van der Waals surface area contributed by atoms with Crippen LogP contribution < -0.4 is 5.32 Å². The summed E-state index contributed by atoms with van der Waals surface area (Å²) in [5.74, 6) is -0.0822. The Kier molecular flexibility index (Phi) is 4.95. The van der Waals surface area contributed by atoms with E-state index in [0.717, 1.165) is 26.1 Å². The molecule has 1 saturated heterocycles. The lowest BCUT2D eigenvalue weighted by molar-refractivity contribution is -0.161. The van der Waals surface area contributed by atoms with Gasteiger partial charge in [0.1, 0.15) is 5.60 Å². The van der Waals surface area contributed by atoms with E-state index >= 15 is 0 Å². The van der Waals surface area contributed by atoms with Crippen LogP contribution in [0, 0.1) is 5.92 Å². The van der Waals surface area contributed by atoms with Gasteiger partial charge < -0.3 is 15.0 Å². The number of esters is 1. The summed E-state index contributed by atoms with van der Waals surface area (Å²) in [5.41, 5.74) is -0.388. The standard InChI is InChI=1S/C13H26N2O2/c1-6-15(5)11-7-10(8-14-9-11)12(16)17-13(2,3)4/h10-11,14H,6-9H2,1-5H3/t10-,11+/m1/s1. The highest BCUT2D eigenvalue weighted by atomic mass is 16.6. The Bertz CT molecular complexity index is 261. The number of likely N-dealkylation sites (N-methyl/N-ethyl adjacent to an activating group) is 1. The molecule has 0 unspecified atom stereocenters. The maximum atomic E-state index is 12.0. The summed E-state index contributed by atoms with van der Waals surface area (Å²) in [7, 11) is 2.10. The average molecular weight is 242 g/mol. The van der Waals surface area contributed by atoms with Gasteiger partial charge in [0.2, 0.25) is 0 Å². The highest BCUT2D eigenvalue weighted by molar-refractivity contribution is 5.73. The predicted molar refractivity (Wildman–Crippen MR) is 68.9 cm³/mol. The molecular weight excluding hydrogens is 216 g/mol. The number of hydrogen-bond donors (Lipinski definition) is 1. The fraction of sp³-hybridized carbons (Fsp3) is 0.923. The SMILES string of the molecule is CCN(C)[C@@H]1CNC[C@H](C(=O)OC(C)(C)C)C1. The summed E-state index contributed by atoms with van der Waals surface area (Å²) in [6.07, 6.45) is 0.895. The van der Waals surface area contributed by atoms with Gasteiger partial charge in [-0.15, -0.1) is 0 Å². The molecule has 2 atom stereocenters. The van der Waals surface area contributed by atoms with Crippen LogP contribution in [0.5, 0.6) is 0 Å². The van der Waals surface area contributed by atoms with Crippen LogP contribution in [0.3, 0.4) is 0 Å². The van der Waals surface area contributed by atoms with Gasteiger partial charge in [0.25, 0.3) is 0 Å². The summed E-state index contributed by atoms with van der Waals surface area (Å²) in [6.45, 7) is 10.6. The van der Waals surface area contributed by atoms with Crippen molar-refractivity contribution >= 4 is 5.97 Å². The highest BCUT2D eigenvalue weighted by Gasteiger charge is 2.31. The van der Waals surface area contributed by atoms with E-state index in [1.54, 1.807) is 0 Å². The molecule has 4 heteroatoms. The fourth-order valence-corrected chi connectivity index (χ4v) is 2.08. The molecule has 4 nitrogen and oxygen atoms in total. The molecule has 0 radical (unpaired) electrons. The molecule has 1 N–H and O–H groups in total. The molecule has 1 aliphatic rings. The maximum Gasteiger partial charge on any atom is 0.310 e. The summed E-state index contributed by atoms with van der Waals surface area (Å²) < 4.78 is 5.44. The van der Waals surface area contributed by atoms with Crippen molar-refractivity contribution in [3.63, 3.8) is 0 Å². The number of nitrogens with zero attached hydrogens (tertiary/aromatic N) is 1. The van der Waals surface area contributed by atoms with E-state index in [2.05, 4.69) is 24.2 Å². The quantitative estimate of drug-likeness (QED) is 0.757. The lowest BCUT2D eigenvalue weighted by Gasteiger charge is -2.35. The zero-order valence-electron chi connectivity index (χ0n) is 11.7. The molecule has 0 saturated carbocycles. The van der Waals surface area contributed by atoms with Gasteiger partial charge in [0.15, 0.2) is 0 Å². The first-order chi connectivity index (χ1) is 7.83. The number of carbonyl (C=O) groups is 1. The van der Waals surface area contributed by atoms with Crippen molar-refractivity contribution in [2.24, 2.45) is 5.92 Å². The van der Waals surface area contributed by atoms with Gasteiger partial charge >= 0.3 is 5.97 Å². The molecule has 0 amide bonds. The average Bonchev–Trinajstić information content (AvgIpc) is 2.26. The van der Waals surface area contributed by atoms with E-state index in [9.17, 15) is 4.79 Å². The largest absolute Gasteiger partial charge is 0.460 e. The summed E-state index contributed by atoms with van der Waals surface area (Å²) in [6, 6.07) is 0.436. The van der Waals surface area contributed by atoms with Gasteiger partial charge in [0, 0.05) is 19.1 Å². The van der Waals surface area contributed by atoms with Gasteiger partial charge in [-0.25, -0.2) is 0 Å². The van der Waals surface area contributed by atoms with Crippen molar-refractivity contribution in [1.82, 2.24) is 10.2 Å². The first kappa shape index (κ1) is 14.5. The Hall–Kier alpha value is -0.610. The molecule has 1 rings (SSSR count). The Morgan fingerprint density at radius 1 is 1.41 bits per heavy atom. The molecular formula is C13H26N2O2. The van der Waals surface area contributed by atoms with Crippen LogP contribution in [0.25, 0.3) is 0 Å². The van der Waals surface area contributed by atoms with Crippen LogP contribution in [0.15, 0.2) is 0 Å². The van der Waals surface area contributed by atoms with Gasteiger partial charge in [-0.1, -0.05) is 6.92 Å². The number of nitrogens with one attached hydrogen (secondary N) is 1. The maximum absolute atomic E-state index is 12.0. The highest BCUT2D eigenvalue weighted by Crippen LogP contribution is 2.19. The zero-order chi connectivity index (χ0) is 13.1. The molecule has 1 aliphatic heterocycles. The van der Waals surface area contributed by atoms with Crippen molar-refractivity contribution in [3.05, 3.63) is 0 Å². The molecule has 0 bridgehead atoms. The van der Waals surface area contributed by atoms with E-state index in [-0.39, 0.29) is 17.5 Å².